The van der Waals surface area contributed by atoms with Crippen LogP contribution < -0.4 is 0 Å². The van der Waals surface area contributed by atoms with Crippen molar-refractivity contribution < 1.29 is 13.2 Å². The highest BCUT2D eigenvalue weighted by Crippen LogP contribution is 2.28. The summed E-state index contributed by atoms with van der Waals surface area (Å²) in [5, 5.41) is 0.371. The van der Waals surface area contributed by atoms with Gasteiger partial charge in [0.15, 0.2) is 5.78 Å². The van der Waals surface area contributed by atoms with Gasteiger partial charge in [0.2, 0.25) is 10.0 Å². The fraction of sp³-hybridized carbons (Fsp3) is 0.455. The number of aromatic nitrogens is 1. The van der Waals surface area contributed by atoms with E-state index in [9.17, 15) is 13.2 Å². The number of rotatable bonds is 6. The van der Waals surface area contributed by atoms with E-state index in [4.69, 9.17) is 0 Å². The van der Waals surface area contributed by atoms with Gasteiger partial charge >= 0.3 is 0 Å². The Kier molecular flexibility index (Phi) is 6.08. The van der Waals surface area contributed by atoms with Gasteiger partial charge in [0.05, 0.1) is 10.3 Å². The van der Waals surface area contributed by atoms with E-state index in [2.05, 4.69) is 11.1 Å². The molecule has 1 aromatic heterocycles. The number of hydrogen-bond acceptors (Lipinski definition) is 5. The van der Waals surface area contributed by atoms with Crippen LogP contribution in [-0.2, 0) is 22.9 Å². The smallest absolute Gasteiger partial charge is 0.244 e. The van der Waals surface area contributed by atoms with Gasteiger partial charge in [-0.15, -0.1) is 0 Å². The van der Waals surface area contributed by atoms with Crippen LogP contribution >= 0.6 is 11.8 Å². The van der Waals surface area contributed by atoms with Crippen molar-refractivity contribution in [3.8, 4) is 0 Å². The first-order valence-corrected chi connectivity index (χ1v) is 12.6. The van der Waals surface area contributed by atoms with Gasteiger partial charge in [-0.2, -0.15) is 4.31 Å². The molecule has 0 spiro atoms. The molecule has 0 amide bonds. The Morgan fingerprint density at radius 1 is 1.03 bits per heavy atom. The lowest BCUT2D eigenvalue weighted by molar-refractivity contribution is 0.0994. The van der Waals surface area contributed by atoms with E-state index >= 15 is 0 Å². The maximum absolute atomic E-state index is 12.8. The Morgan fingerprint density at radius 3 is 2.52 bits per heavy atom. The third kappa shape index (κ3) is 4.42. The molecule has 0 bridgehead atoms. The molecule has 154 valence electrons. The predicted octanol–water partition coefficient (Wildman–Crippen LogP) is 4.11. The zero-order valence-corrected chi connectivity index (χ0v) is 18.3. The highest BCUT2D eigenvalue weighted by Gasteiger charge is 2.26. The number of hydrogen-bond donors (Lipinski definition) is 0. The summed E-state index contributed by atoms with van der Waals surface area (Å²) in [6, 6.07) is 9.33. The number of Topliss-reactive ketones (excluding diaryl/α,β-unsaturated/α-hetero) is 1. The summed E-state index contributed by atoms with van der Waals surface area (Å²) in [5.74, 6) is 0.0801. The molecule has 1 aromatic carbocycles. The first-order valence-electron chi connectivity index (χ1n) is 10.2. The van der Waals surface area contributed by atoms with Crippen molar-refractivity contribution in [2.45, 2.75) is 60.6 Å². The molecule has 0 N–H and O–H groups in total. The molecule has 5 nitrogen and oxygen atoms in total. The van der Waals surface area contributed by atoms with E-state index in [0.29, 0.717) is 18.1 Å². The van der Waals surface area contributed by atoms with Gasteiger partial charge in [0.1, 0.15) is 4.90 Å². The Morgan fingerprint density at radius 2 is 1.79 bits per heavy atom. The van der Waals surface area contributed by atoms with Gasteiger partial charge in [0.25, 0.3) is 0 Å². The van der Waals surface area contributed by atoms with Crippen LogP contribution in [0.2, 0.25) is 0 Å². The van der Waals surface area contributed by atoms with Crippen molar-refractivity contribution in [3.63, 3.8) is 0 Å². The number of nitrogens with zero attached hydrogens (tertiary/aromatic N) is 2. The van der Waals surface area contributed by atoms with E-state index in [-0.39, 0.29) is 15.9 Å². The number of carbonyl (C=O) groups is 1. The zero-order chi connectivity index (χ0) is 20.4. The van der Waals surface area contributed by atoms with Crippen molar-refractivity contribution >= 4 is 27.6 Å². The van der Waals surface area contributed by atoms with Crippen molar-refractivity contribution in [1.29, 1.82) is 0 Å². The van der Waals surface area contributed by atoms with E-state index in [1.807, 2.05) is 19.1 Å². The highest BCUT2D eigenvalue weighted by atomic mass is 32.2. The average Bonchev–Trinajstić information content (AvgIpc) is 3.22. The van der Waals surface area contributed by atoms with E-state index in [0.717, 1.165) is 44.1 Å². The molecule has 2 aromatic rings. The number of sulfonamides is 1. The summed E-state index contributed by atoms with van der Waals surface area (Å²) in [5.41, 5.74) is 3.39. The van der Waals surface area contributed by atoms with E-state index in [1.54, 1.807) is 16.4 Å². The highest BCUT2D eigenvalue weighted by molar-refractivity contribution is 8.00. The lowest BCUT2D eigenvalue weighted by Crippen LogP contribution is -2.35. The van der Waals surface area contributed by atoms with Crippen LogP contribution in [0.25, 0.3) is 0 Å². The Hall–Kier alpha value is -1.70. The minimum Gasteiger partial charge on any atom is -0.293 e. The third-order valence-electron chi connectivity index (χ3n) is 5.71. The fourth-order valence-electron chi connectivity index (χ4n) is 4.04. The largest absolute Gasteiger partial charge is 0.293 e. The fourth-order valence-corrected chi connectivity index (χ4v) is 6.37. The molecule has 1 unspecified atom stereocenters. The second-order valence-electron chi connectivity index (χ2n) is 7.76. The molecule has 0 saturated carbocycles. The maximum atomic E-state index is 12.8. The second kappa shape index (κ2) is 8.58. The van der Waals surface area contributed by atoms with Crippen LogP contribution in [0.5, 0.6) is 0 Å². The Labute approximate surface area is 177 Å². The number of ketones is 1. The molecule has 7 heteroatoms. The molecule has 29 heavy (non-hydrogen) atoms. The lowest BCUT2D eigenvalue weighted by atomic mass is 10.0. The number of pyridine rings is 1. The SMILES string of the molecule is CC(Sc1ccc(S(=O)(=O)N2CCCCC2)cn1)C(=O)c1ccc2c(c1)CCC2. The third-order valence-corrected chi connectivity index (χ3v) is 8.64. The summed E-state index contributed by atoms with van der Waals surface area (Å²) < 4.78 is 27.0. The quantitative estimate of drug-likeness (QED) is 0.510. The Balaban J connectivity index is 1.43. The van der Waals surface area contributed by atoms with E-state index in [1.165, 1.54) is 29.1 Å². The van der Waals surface area contributed by atoms with Crippen molar-refractivity contribution in [1.82, 2.24) is 9.29 Å². The average molecular weight is 431 g/mol. The molecule has 2 aliphatic rings. The van der Waals surface area contributed by atoms with Crippen LogP contribution in [-0.4, -0.2) is 41.8 Å². The van der Waals surface area contributed by atoms with Gasteiger partial charge < -0.3 is 0 Å². The number of piperidine rings is 1. The minimum atomic E-state index is -3.48. The molecule has 1 atom stereocenters. The molecular formula is C22H26N2O3S2. The molecule has 0 radical (unpaired) electrons. The zero-order valence-electron chi connectivity index (χ0n) is 16.6. The second-order valence-corrected chi connectivity index (χ2v) is 11.1. The number of aryl methyl sites for hydroxylation is 2. The summed E-state index contributed by atoms with van der Waals surface area (Å²) in [7, 11) is -3.48. The molecular weight excluding hydrogens is 404 g/mol. The number of fused-ring (bicyclic) bond motifs is 1. The lowest BCUT2D eigenvalue weighted by Gasteiger charge is -2.25. The topological polar surface area (TPSA) is 67.3 Å². The molecule has 1 aliphatic carbocycles. The van der Waals surface area contributed by atoms with Crippen LogP contribution in [0, 0.1) is 0 Å². The predicted molar refractivity (Wildman–Crippen MR) is 115 cm³/mol. The first-order chi connectivity index (χ1) is 13.9. The summed E-state index contributed by atoms with van der Waals surface area (Å²) in [4.78, 5) is 17.4. The molecule has 1 aliphatic heterocycles. The number of thioether (sulfide) groups is 1. The minimum absolute atomic E-state index is 0.0801. The molecule has 2 heterocycles. The van der Waals surface area contributed by atoms with Crippen molar-refractivity contribution in [2.24, 2.45) is 0 Å². The normalized spacial score (nSPS) is 18.4. The van der Waals surface area contributed by atoms with Gasteiger partial charge in [-0.1, -0.05) is 30.3 Å². The first kappa shape index (κ1) is 20.6. The molecule has 1 fully saturated rings. The van der Waals surface area contributed by atoms with Gasteiger partial charge in [-0.3, -0.25) is 4.79 Å². The van der Waals surface area contributed by atoms with Crippen molar-refractivity contribution in [3.05, 3.63) is 53.2 Å². The number of benzene rings is 1. The van der Waals surface area contributed by atoms with Gasteiger partial charge in [0, 0.05) is 24.8 Å². The monoisotopic (exact) mass is 430 g/mol. The molecule has 4 rings (SSSR count). The van der Waals surface area contributed by atoms with Crippen molar-refractivity contribution in [2.75, 3.05) is 13.1 Å². The van der Waals surface area contributed by atoms with Crippen LogP contribution in [0.4, 0.5) is 0 Å². The van der Waals surface area contributed by atoms with E-state index < -0.39 is 10.0 Å². The van der Waals surface area contributed by atoms with Crippen LogP contribution in [0.15, 0.2) is 46.5 Å². The summed E-state index contributed by atoms with van der Waals surface area (Å²) >= 11 is 1.37. The molecule has 1 saturated heterocycles. The summed E-state index contributed by atoms with van der Waals surface area (Å²) in [6.07, 6.45) is 7.62. The van der Waals surface area contributed by atoms with Crippen LogP contribution in [0.3, 0.4) is 0 Å². The van der Waals surface area contributed by atoms with Gasteiger partial charge in [-0.25, -0.2) is 13.4 Å². The Bertz CT molecular complexity index is 997. The van der Waals surface area contributed by atoms with Gasteiger partial charge in [-0.05, 0) is 68.4 Å². The summed E-state index contributed by atoms with van der Waals surface area (Å²) in [6.45, 7) is 3.02. The maximum Gasteiger partial charge on any atom is 0.244 e. The van der Waals surface area contributed by atoms with Crippen LogP contribution in [0.1, 0.15) is 54.1 Å². The standard InChI is InChI=1S/C22H26N2O3S2/c1-16(22(25)19-9-8-17-6-5-7-18(17)14-19)28-21-11-10-20(15-23-21)29(26,27)24-12-3-2-4-13-24/h8-11,14-16H,2-7,12-13H2,1H3. The number of carbonyl (C=O) groups excluding carboxylic acids is 1.